The van der Waals surface area contributed by atoms with Gasteiger partial charge in [-0.2, -0.15) is 0 Å². The number of carbonyl (C=O) groups is 1. The van der Waals surface area contributed by atoms with Gasteiger partial charge in [-0.15, -0.1) is 0 Å². The van der Waals surface area contributed by atoms with Crippen LogP contribution in [-0.2, 0) is 4.79 Å². The highest BCUT2D eigenvalue weighted by molar-refractivity contribution is 5.69. The molecule has 0 unspecified atom stereocenters. The molecule has 1 heterocycles. The minimum Gasteiger partial charge on any atom is -0.425 e. The summed E-state index contributed by atoms with van der Waals surface area (Å²) in [6, 6.07) is 3.56. The molecule has 0 spiro atoms. The van der Waals surface area contributed by atoms with Gasteiger partial charge in [0.1, 0.15) is 0 Å². The van der Waals surface area contributed by atoms with E-state index in [-0.39, 0.29) is 5.97 Å². The number of rotatable bonds is 1. The average Bonchev–Trinajstić information content (AvgIpc) is 1.94. The van der Waals surface area contributed by atoms with Crippen LogP contribution in [0.1, 0.15) is 18.3 Å². The Morgan fingerprint density at radius 2 is 2.08 bits per heavy atom. The molecule has 3 heteroatoms. The van der Waals surface area contributed by atoms with Gasteiger partial charge >= 0.3 is 5.97 Å². The van der Waals surface area contributed by atoms with Gasteiger partial charge in [0.2, 0.25) is 0 Å². The average molecular weight is 165 g/mol. The predicted molar refractivity (Wildman–Crippen MR) is 45.0 cm³/mol. The molecule has 3 nitrogen and oxygen atoms in total. The number of esters is 1. The Morgan fingerprint density at radius 3 is 2.58 bits per heavy atom. The molecule has 1 aromatic heterocycles. The number of hydrogen-bond acceptors (Lipinski definition) is 3. The molecule has 0 amide bonds. The third kappa shape index (κ3) is 2.05. The van der Waals surface area contributed by atoms with Crippen LogP contribution < -0.4 is 4.74 Å². The topological polar surface area (TPSA) is 39.2 Å². The summed E-state index contributed by atoms with van der Waals surface area (Å²) in [6.45, 7) is 5.08. The number of aryl methyl sites for hydroxylation is 2. The summed E-state index contributed by atoms with van der Waals surface area (Å²) in [5.41, 5.74) is 1.66. The van der Waals surface area contributed by atoms with Crippen molar-refractivity contribution in [3.8, 4) is 5.75 Å². The van der Waals surface area contributed by atoms with Gasteiger partial charge < -0.3 is 4.74 Å². The van der Waals surface area contributed by atoms with Gasteiger partial charge in [-0.3, -0.25) is 9.78 Å². The number of carbonyl (C=O) groups excluding carboxylic acids is 1. The van der Waals surface area contributed by atoms with E-state index in [1.807, 2.05) is 19.9 Å². The molecule has 0 aliphatic heterocycles. The molecule has 0 bridgehead atoms. The molecule has 0 N–H and O–H groups in total. The first kappa shape index (κ1) is 8.71. The van der Waals surface area contributed by atoms with Gasteiger partial charge in [-0.05, 0) is 26.0 Å². The molecule has 0 aliphatic rings. The summed E-state index contributed by atoms with van der Waals surface area (Å²) >= 11 is 0. The van der Waals surface area contributed by atoms with Crippen LogP contribution in [0.4, 0.5) is 0 Å². The fourth-order valence-electron chi connectivity index (χ4n) is 0.937. The molecule has 1 rings (SSSR count). The number of nitrogens with zero attached hydrogens (tertiary/aromatic N) is 1. The van der Waals surface area contributed by atoms with Gasteiger partial charge in [0.05, 0.1) is 5.69 Å². The lowest BCUT2D eigenvalue weighted by Crippen LogP contribution is -2.03. The lowest BCUT2D eigenvalue weighted by Gasteiger charge is -2.04. The smallest absolute Gasteiger partial charge is 0.308 e. The third-order valence-corrected chi connectivity index (χ3v) is 1.43. The summed E-state index contributed by atoms with van der Waals surface area (Å²) in [4.78, 5) is 14.7. The molecule has 0 atom stereocenters. The molecule has 12 heavy (non-hydrogen) atoms. The van der Waals surface area contributed by atoms with Crippen LogP contribution >= 0.6 is 0 Å². The van der Waals surface area contributed by atoms with Gasteiger partial charge in [-0.25, -0.2) is 0 Å². The van der Waals surface area contributed by atoms with E-state index < -0.39 is 0 Å². The Morgan fingerprint density at radius 1 is 1.42 bits per heavy atom. The zero-order valence-electron chi connectivity index (χ0n) is 7.42. The monoisotopic (exact) mass is 165 g/mol. The van der Waals surface area contributed by atoms with E-state index in [4.69, 9.17) is 4.74 Å². The Bertz CT molecular complexity index is 307. The lowest BCUT2D eigenvalue weighted by atomic mass is 10.3. The van der Waals surface area contributed by atoms with Crippen molar-refractivity contribution in [1.29, 1.82) is 0 Å². The van der Waals surface area contributed by atoms with Crippen LogP contribution in [0.3, 0.4) is 0 Å². The molecule has 0 saturated heterocycles. The van der Waals surface area contributed by atoms with Crippen molar-refractivity contribution in [3.05, 3.63) is 23.5 Å². The van der Waals surface area contributed by atoms with Crippen molar-refractivity contribution in [2.75, 3.05) is 0 Å². The molecule has 0 fully saturated rings. The largest absolute Gasteiger partial charge is 0.425 e. The van der Waals surface area contributed by atoms with Gasteiger partial charge in [0.25, 0.3) is 0 Å². The molecule has 64 valence electrons. The van der Waals surface area contributed by atoms with Crippen molar-refractivity contribution < 1.29 is 9.53 Å². The zero-order valence-corrected chi connectivity index (χ0v) is 7.42. The summed E-state index contributed by atoms with van der Waals surface area (Å²) < 4.78 is 4.90. The maximum Gasteiger partial charge on any atom is 0.308 e. The van der Waals surface area contributed by atoms with Crippen LogP contribution in [0, 0.1) is 13.8 Å². The highest BCUT2D eigenvalue weighted by Gasteiger charge is 2.02. The molecule has 1 aromatic rings. The second-order valence-electron chi connectivity index (χ2n) is 2.63. The Labute approximate surface area is 71.4 Å². The highest BCUT2D eigenvalue weighted by Crippen LogP contribution is 2.15. The Hall–Kier alpha value is -1.38. The first-order valence-corrected chi connectivity index (χ1v) is 3.72. The van der Waals surface area contributed by atoms with Crippen LogP contribution in [0.2, 0.25) is 0 Å². The molecular formula is C9H11NO2. The SMILES string of the molecule is CC(=O)Oc1ccc(C)nc1C. The van der Waals surface area contributed by atoms with E-state index >= 15 is 0 Å². The standard InChI is InChI=1S/C9H11NO2/c1-6-4-5-9(7(2)10-6)12-8(3)11/h4-5H,1-3H3. The second-order valence-corrected chi connectivity index (χ2v) is 2.63. The van der Waals surface area contributed by atoms with Crippen LogP contribution in [-0.4, -0.2) is 11.0 Å². The van der Waals surface area contributed by atoms with Crippen LogP contribution in [0.15, 0.2) is 12.1 Å². The fraction of sp³-hybridized carbons (Fsp3) is 0.333. The molecule has 0 saturated carbocycles. The predicted octanol–water partition coefficient (Wildman–Crippen LogP) is 1.62. The van der Waals surface area contributed by atoms with Crippen molar-refractivity contribution >= 4 is 5.97 Å². The summed E-state index contributed by atoms with van der Waals surface area (Å²) in [7, 11) is 0. The van der Waals surface area contributed by atoms with Crippen LogP contribution in [0.5, 0.6) is 5.75 Å². The minimum absolute atomic E-state index is 0.316. The van der Waals surface area contributed by atoms with Crippen molar-refractivity contribution in [2.24, 2.45) is 0 Å². The second kappa shape index (κ2) is 3.34. The number of aromatic nitrogens is 1. The normalized spacial score (nSPS) is 9.58. The van der Waals surface area contributed by atoms with Crippen molar-refractivity contribution in [2.45, 2.75) is 20.8 Å². The first-order chi connectivity index (χ1) is 5.59. The van der Waals surface area contributed by atoms with Crippen molar-refractivity contribution in [3.63, 3.8) is 0 Å². The third-order valence-electron chi connectivity index (χ3n) is 1.43. The van der Waals surface area contributed by atoms with E-state index in [0.717, 1.165) is 11.4 Å². The quantitative estimate of drug-likeness (QED) is 0.593. The summed E-state index contributed by atoms with van der Waals surface area (Å²) in [5, 5.41) is 0. The Kier molecular flexibility index (Phi) is 2.43. The van der Waals surface area contributed by atoms with E-state index in [1.165, 1.54) is 6.92 Å². The van der Waals surface area contributed by atoms with Crippen LogP contribution in [0.25, 0.3) is 0 Å². The maximum absolute atomic E-state index is 10.6. The van der Waals surface area contributed by atoms with E-state index in [0.29, 0.717) is 5.75 Å². The highest BCUT2D eigenvalue weighted by atomic mass is 16.5. The minimum atomic E-state index is -0.316. The summed E-state index contributed by atoms with van der Waals surface area (Å²) in [6.07, 6.45) is 0. The number of pyridine rings is 1. The van der Waals surface area contributed by atoms with Gasteiger partial charge in [0.15, 0.2) is 5.75 Å². The molecular weight excluding hydrogens is 154 g/mol. The zero-order chi connectivity index (χ0) is 9.14. The van der Waals surface area contributed by atoms with E-state index in [1.54, 1.807) is 6.07 Å². The maximum atomic E-state index is 10.6. The molecule has 0 radical (unpaired) electrons. The number of hydrogen-bond donors (Lipinski definition) is 0. The van der Waals surface area contributed by atoms with E-state index in [2.05, 4.69) is 4.98 Å². The lowest BCUT2D eigenvalue weighted by molar-refractivity contribution is -0.131. The number of ether oxygens (including phenoxy) is 1. The molecule has 0 aromatic carbocycles. The first-order valence-electron chi connectivity index (χ1n) is 3.72. The van der Waals surface area contributed by atoms with Gasteiger partial charge in [-0.1, -0.05) is 0 Å². The van der Waals surface area contributed by atoms with E-state index in [9.17, 15) is 4.79 Å². The Balaban J connectivity index is 2.93. The molecule has 0 aliphatic carbocycles. The summed E-state index contributed by atoms with van der Waals surface area (Å²) in [5.74, 6) is 0.219. The van der Waals surface area contributed by atoms with Crippen molar-refractivity contribution in [1.82, 2.24) is 4.98 Å². The van der Waals surface area contributed by atoms with Gasteiger partial charge in [0, 0.05) is 12.6 Å². The fourth-order valence-corrected chi connectivity index (χ4v) is 0.937.